The molecule has 6 nitrogen and oxygen atoms in total. The van der Waals surface area contributed by atoms with E-state index in [1.807, 2.05) is 0 Å². The summed E-state index contributed by atoms with van der Waals surface area (Å²) in [6.07, 6.45) is 0. The third-order valence-corrected chi connectivity index (χ3v) is 0. The van der Waals surface area contributed by atoms with Crippen LogP contribution in [0.5, 0.6) is 0 Å². The van der Waals surface area contributed by atoms with Crippen molar-refractivity contribution in [3.63, 3.8) is 0 Å². The molecular weight excluding hydrogens is 231 g/mol. The molecule has 0 aliphatic carbocycles. The Morgan fingerprint density at radius 2 is 0.727 bits per heavy atom. The monoisotopic (exact) mass is 242 g/mol. The number of hydrogen-bond acceptors (Lipinski definition) is 6. The van der Waals surface area contributed by atoms with Gasteiger partial charge in [-0.05, 0) is 0 Å². The van der Waals surface area contributed by atoms with Crippen molar-refractivity contribution in [1.29, 1.82) is 0 Å². The van der Waals surface area contributed by atoms with Crippen LogP contribution >= 0.6 is 24.4 Å². The van der Waals surface area contributed by atoms with Gasteiger partial charge in [0.15, 0.2) is 0 Å². The smallest absolute Gasteiger partial charge is 0.753 e. The van der Waals surface area contributed by atoms with E-state index in [-0.39, 0.29) is 41.1 Å². The van der Waals surface area contributed by atoms with Gasteiger partial charge in [0, 0.05) is 0 Å². The van der Waals surface area contributed by atoms with E-state index in [9.17, 15) is 0 Å². The number of isothiocyanates is 2. The predicted molar refractivity (Wildman–Crippen MR) is 52.0 cm³/mol. The van der Waals surface area contributed by atoms with Crippen molar-refractivity contribution in [2.45, 2.75) is 0 Å². The second-order valence-corrected chi connectivity index (χ2v) is 0.548. The van der Waals surface area contributed by atoms with Crippen molar-refractivity contribution in [1.82, 2.24) is 24.6 Å². The maximum Gasteiger partial charge on any atom is 2.00 e. The van der Waals surface area contributed by atoms with Crippen LogP contribution in [0, 0.1) is 0 Å². The Bertz CT molecular complexity index is 72.6. The van der Waals surface area contributed by atoms with Crippen LogP contribution in [0.3, 0.4) is 0 Å². The van der Waals surface area contributed by atoms with Crippen molar-refractivity contribution in [3.05, 3.63) is 10.8 Å². The molecular formula is C2H12N6NiS2. The molecule has 0 aliphatic rings. The molecule has 9 heteroatoms. The molecule has 0 heterocycles. The Kier molecular flexibility index (Phi) is 1340. The van der Waals surface area contributed by atoms with Crippen LogP contribution in [0.15, 0.2) is 0 Å². The normalized spacial score (nSPS) is 1.45. The van der Waals surface area contributed by atoms with Crippen LogP contribution in [-0.2, 0) is 16.5 Å². The molecule has 0 aliphatic heterocycles. The first-order chi connectivity index (χ1) is 2.83. The molecule has 0 aromatic carbocycles. The van der Waals surface area contributed by atoms with E-state index in [0.717, 1.165) is 0 Å². The van der Waals surface area contributed by atoms with E-state index in [2.05, 4.69) is 24.4 Å². The summed E-state index contributed by atoms with van der Waals surface area (Å²) < 4.78 is 0. The van der Waals surface area contributed by atoms with Gasteiger partial charge in [-0.1, -0.05) is 24.4 Å². The molecule has 0 fully saturated rings. The molecule has 72 valence electrons. The SMILES string of the molecule is N.N.N.N.[N-]=C=S.[N-]=C=S.[Ni+2]. The fraction of sp³-hybridized carbons (Fsp3) is 0. The quantitative estimate of drug-likeness (QED) is 0.286. The van der Waals surface area contributed by atoms with Gasteiger partial charge in [-0.15, -0.1) is 0 Å². The second kappa shape index (κ2) is 212. The average molecular weight is 243 g/mol. The Hall–Kier alpha value is -0.0665. The maximum absolute atomic E-state index is 7.13. The van der Waals surface area contributed by atoms with Gasteiger partial charge in [0.2, 0.25) is 0 Å². The standard InChI is InChI=1S/2CNS.4H3N.Ni/c2*2-1-3;;;;;/h;;4*1H3;/q2*-1;;;;;+2. The van der Waals surface area contributed by atoms with Gasteiger partial charge in [0.1, 0.15) is 0 Å². The molecule has 0 saturated heterocycles. The predicted octanol–water partition coefficient (Wildman–Crippen LogP) is 1.96. The fourth-order valence-corrected chi connectivity index (χ4v) is 0. The van der Waals surface area contributed by atoms with Crippen molar-refractivity contribution < 1.29 is 16.5 Å². The third kappa shape index (κ3) is 141000. The summed E-state index contributed by atoms with van der Waals surface area (Å²) in [5, 5.41) is 16.9. The Morgan fingerprint density at radius 1 is 0.727 bits per heavy atom. The molecule has 0 rings (SSSR count). The number of thiocarbonyl (C=S) groups is 2. The minimum atomic E-state index is 0. The summed E-state index contributed by atoms with van der Waals surface area (Å²) in [5.74, 6) is 0. The van der Waals surface area contributed by atoms with Gasteiger partial charge < -0.3 is 35.4 Å². The summed E-state index contributed by atoms with van der Waals surface area (Å²) in [6.45, 7) is 0. The van der Waals surface area contributed by atoms with Crippen molar-refractivity contribution in [2.24, 2.45) is 0 Å². The van der Waals surface area contributed by atoms with E-state index in [1.165, 1.54) is 10.3 Å². The summed E-state index contributed by atoms with van der Waals surface area (Å²) >= 11 is 7.40. The molecule has 0 unspecified atom stereocenters. The molecule has 0 aromatic heterocycles. The number of hydrogen-bond donors (Lipinski definition) is 4. The first-order valence-electron chi connectivity index (χ1n) is 0.855. The molecule has 11 heavy (non-hydrogen) atoms. The van der Waals surface area contributed by atoms with Gasteiger partial charge in [0.25, 0.3) is 0 Å². The van der Waals surface area contributed by atoms with Gasteiger partial charge >= 0.3 is 16.5 Å². The van der Waals surface area contributed by atoms with E-state index < -0.39 is 0 Å². The minimum Gasteiger partial charge on any atom is -0.753 e. The average Bonchev–Trinajstić information content (AvgIpc) is 1.39. The summed E-state index contributed by atoms with van der Waals surface area (Å²) in [4.78, 5) is 0. The van der Waals surface area contributed by atoms with E-state index in [1.54, 1.807) is 0 Å². The largest absolute Gasteiger partial charge is 2.00 e. The minimum absolute atomic E-state index is 0. The Labute approximate surface area is 86.8 Å². The molecule has 0 radical (unpaired) electrons. The molecule has 0 spiro atoms. The van der Waals surface area contributed by atoms with Crippen LogP contribution in [-0.4, -0.2) is 10.3 Å². The van der Waals surface area contributed by atoms with Crippen LogP contribution in [0.1, 0.15) is 0 Å². The zero-order valence-corrected chi connectivity index (χ0v) is 8.48. The van der Waals surface area contributed by atoms with Crippen LogP contribution < -0.4 is 24.6 Å². The third-order valence-electron chi connectivity index (χ3n) is 0. The van der Waals surface area contributed by atoms with Crippen molar-refractivity contribution >= 4 is 34.8 Å². The van der Waals surface area contributed by atoms with Gasteiger partial charge in [-0.3, -0.25) is 0 Å². The molecule has 0 bridgehead atoms. The number of rotatable bonds is 0. The van der Waals surface area contributed by atoms with Crippen LogP contribution in [0.2, 0.25) is 0 Å². The van der Waals surface area contributed by atoms with E-state index in [4.69, 9.17) is 10.8 Å². The maximum atomic E-state index is 7.13. The van der Waals surface area contributed by atoms with Crippen LogP contribution in [0.4, 0.5) is 0 Å². The molecule has 0 atom stereocenters. The van der Waals surface area contributed by atoms with Crippen molar-refractivity contribution in [3.8, 4) is 0 Å². The first-order valence-corrected chi connectivity index (χ1v) is 1.67. The van der Waals surface area contributed by atoms with Gasteiger partial charge in [0.05, 0.1) is 0 Å². The summed E-state index contributed by atoms with van der Waals surface area (Å²) in [6, 6.07) is 0. The first kappa shape index (κ1) is 69.7. The zero-order chi connectivity index (χ0) is 5.41. The van der Waals surface area contributed by atoms with Crippen molar-refractivity contribution in [2.75, 3.05) is 0 Å². The van der Waals surface area contributed by atoms with Gasteiger partial charge in [-0.25, -0.2) is 0 Å². The molecule has 0 aromatic rings. The molecule has 12 N–H and O–H groups in total. The number of nitrogens with zero attached hydrogens (tertiary/aromatic N) is 2. The molecule has 0 amide bonds. The Balaban J connectivity index is -0.00000000400. The fourth-order valence-electron chi connectivity index (χ4n) is 0. The zero-order valence-electron chi connectivity index (χ0n) is 5.86. The molecule has 0 saturated carbocycles. The van der Waals surface area contributed by atoms with Crippen LogP contribution in [0.25, 0.3) is 10.8 Å². The second-order valence-electron chi connectivity index (χ2n) is 0.183. The summed E-state index contributed by atoms with van der Waals surface area (Å²) in [5.41, 5.74) is 0. The van der Waals surface area contributed by atoms with E-state index >= 15 is 0 Å². The topological polar surface area (TPSA) is 185 Å². The van der Waals surface area contributed by atoms with Gasteiger partial charge in [-0.2, -0.15) is 10.3 Å². The summed E-state index contributed by atoms with van der Waals surface area (Å²) in [7, 11) is 0. The Morgan fingerprint density at radius 3 is 0.727 bits per heavy atom. The van der Waals surface area contributed by atoms with E-state index in [0.29, 0.717) is 0 Å².